The second-order valence-corrected chi connectivity index (χ2v) is 28.7. The first-order chi connectivity index (χ1) is 54.6. The van der Waals surface area contributed by atoms with Crippen LogP contribution in [0.25, 0.3) is 232 Å². The van der Waals surface area contributed by atoms with Gasteiger partial charge in [0.15, 0.2) is 11.6 Å². The van der Waals surface area contributed by atoms with Gasteiger partial charge in [-0.15, -0.1) is 0 Å². The van der Waals surface area contributed by atoms with Crippen molar-refractivity contribution in [2.45, 2.75) is 0 Å². The molecule has 0 saturated heterocycles. The lowest BCUT2D eigenvalue weighted by Crippen LogP contribution is -1.98. The number of hydrogen-bond donors (Lipinski definition) is 0. The van der Waals surface area contributed by atoms with Crippen LogP contribution in [-0.4, -0.2) is 38.2 Å². The van der Waals surface area contributed by atoms with Gasteiger partial charge in [0.05, 0.1) is 77.3 Å². The lowest BCUT2D eigenvalue weighted by atomic mass is 9.98. The molecule has 0 aliphatic heterocycles. The summed E-state index contributed by atoms with van der Waals surface area (Å²) < 4.78 is 22.9. The summed E-state index contributed by atoms with van der Waals surface area (Å²) >= 11 is 0. The van der Waals surface area contributed by atoms with Crippen LogP contribution in [0.2, 0.25) is 0 Å². The van der Waals surface area contributed by atoms with Crippen molar-refractivity contribution in [3.8, 4) is 79.2 Å². The Hall–Kier alpha value is -15.0. The Bertz CT molecular complexity index is 8000. The Morgan fingerprint density at radius 3 is 1.17 bits per heavy atom. The average Bonchev–Trinajstić information content (AvgIpc) is 1.54. The molecule has 24 aromatic rings. The number of rotatable bonds is 9. The van der Waals surface area contributed by atoms with Crippen LogP contribution < -0.4 is 0 Å². The van der Waals surface area contributed by atoms with Crippen LogP contribution in [0.5, 0.6) is 0 Å². The predicted molar refractivity (Wildman–Crippen MR) is 452 cm³/mol. The minimum absolute atomic E-state index is 0.636. The van der Waals surface area contributed by atoms with Crippen LogP contribution in [-0.2, 0) is 0 Å². The van der Waals surface area contributed by atoms with E-state index in [1.807, 2.05) is 12.1 Å². The zero-order valence-electron chi connectivity index (χ0n) is 58.9. The third kappa shape index (κ3) is 8.80. The molecule has 110 heavy (non-hydrogen) atoms. The highest BCUT2D eigenvalue weighted by atomic mass is 16.3. The molecule has 16 aromatic carbocycles. The fraction of sp³-hybridized carbons (Fsp3) is 0. The first-order valence-electron chi connectivity index (χ1n) is 37.3. The van der Waals surface area contributed by atoms with E-state index in [2.05, 4.69) is 358 Å². The smallest absolute Gasteiger partial charge is 0.160 e. The molecule has 0 N–H and O–H groups in total. The third-order valence-corrected chi connectivity index (χ3v) is 22.7. The maximum atomic E-state index is 6.63. The highest BCUT2D eigenvalue weighted by Crippen LogP contribution is 2.49. The van der Waals surface area contributed by atoms with Gasteiger partial charge in [0.1, 0.15) is 22.3 Å². The van der Waals surface area contributed by atoms with E-state index >= 15 is 0 Å². The molecule has 0 unspecified atom stereocenters. The van der Waals surface area contributed by atoms with Gasteiger partial charge in [-0.05, 0) is 151 Å². The van der Waals surface area contributed by atoms with Crippen molar-refractivity contribution < 1.29 is 8.83 Å². The number of aromatic nitrogens is 8. The highest BCUT2D eigenvalue weighted by Gasteiger charge is 2.28. The maximum Gasteiger partial charge on any atom is 0.160 e. The van der Waals surface area contributed by atoms with Crippen molar-refractivity contribution in [3.63, 3.8) is 0 Å². The molecular formula is C100H58N8O2. The van der Waals surface area contributed by atoms with Gasteiger partial charge in [-0.1, -0.05) is 212 Å². The molecule has 0 amide bonds. The molecule has 8 heterocycles. The molecule has 10 nitrogen and oxygen atoms in total. The van der Waals surface area contributed by atoms with Crippen molar-refractivity contribution in [2.75, 3.05) is 0 Å². The zero-order valence-corrected chi connectivity index (χ0v) is 58.9. The summed E-state index contributed by atoms with van der Waals surface area (Å²) in [5.41, 5.74) is 26.0. The van der Waals surface area contributed by atoms with E-state index in [0.29, 0.717) is 11.6 Å². The van der Waals surface area contributed by atoms with Gasteiger partial charge >= 0.3 is 0 Å². The molecule has 0 aliphatic rings. The lowest BCUT2D eigenvalue weighted by molar-refractivity contribution is 0.669. The first-order valence-corrected chi connectivity index (χ1v) is 37.3. The first kappa shape index (κ1) is 60.3. The Balaban J connectivity index is 0.612. The lowest BCUT2D eigenvalue weighted by Gasteiger charge is -2.13. The van der Waals surface area contributed by atoms with Crippen LogP contribution in [0.15, 0.2) is 361 Å². The van der Waals surface area contributed by atoms with Gasteiger partial charge in [-0.25, -0.2) is 19.9 Å². The Labute approximate surface area is 627 Å². The van der Waals surface area contributed by atoms with Gasteiger partial charge in [-0.3, -0.25) is 0 Å². The number of furan rings is 2. The Morgan fingerprint density at radius 1 is 0.191 bits per heavy atom. The van der Waals surface area contributed by atoms with E-state index in [1.165, 1.54) is 32.3 Å². The molecule has 8 aromatic heterocycles. The summed E-state index contributed by atoms with van der Waals surface area (Å²) in [6, 6.07) is 125. The molecule has 0 saturated carbocycles. The highest BCUT2D eigenvalue weighted by molar-refractivity contribution is 6.33. The second kappa shape index (κ2) is 23.2. The maximum absolute atomic E-state index is 6.63. The molecule has 0 fully saturated rings. The average molecular weight is 1400 g/mol. The second-order valence-electron chi connectivity index (χ2n) is 28.7. The SMILES string of the molecule is c1ccc(-c2nc(-c3cccc(-n4c5ccccc5c5c4ccc4c6ccc7oc8ccccc8c7c6n(-c6ccccc6)c45)c3)nc3cc(-c4ccc(-c5nc(-c6ccc(-n7c8c(ccc9oc%10ccccc%10c98)c8ccc9c(c%10ccccc%10n9-c9ccccc9)c87)cc6)nc6ccccc56)cc4)ccc23)cc1. The topological polar surface area (TPSA) is 97.6 Å². The van der Waals surface area contributed by atoms with Crippen LogP contribution in [0.3, 0.4) is 0 Å². The Kier molecular flexibility index (Phi) is 12.7. The van der Waals surface area contributed by atoms with Crippen LogP contribution in [0.1, 0.15) is 0 Å². The van der Waals surface area contributed by atoms with E-state index in [9.17, 15) is 0 Å². The van der Waals surface area contributed by atoms with E-state index in [4.69, 9.17) is 28.8 Å². The molecule has 0 aliphatic carbocycles. The van der Waals surface area contributed by atoms with E-state index < -0.39 is 0 Å². The summed E-state index contributed by atoms with van der Waals surface area (Å²) in [5, 5.41) is 15.7. The molecule has 510 valence electrons. The van der Waals surface area contributed by atoms with Crippen LogP contribution in [0.4, 0.5) is 0 Å². The summed E-state index contributed by atoms with van der Waals surface area (Å²) in [6.07, 6.45) is 0. The number of hydrogen-bond acceptors (Lipinski definition) is 6. The minimum Gasteiger partial charge on any atom is -0.456 e. The van der Waals surface area contributed by atoms with Gasteiger partial charge < -0.3 is 27.1 Å². The molecule has 24 rings (SSSR count). The minimum atomic E-state index is 0.636. The quantitative estimate of drug-likeness (QED) is 0.143. The van der Waals surface area contributed by atoms with E-state index in [1.54, 1.807) is 0 Å². The normalized spacial score (nSPS) is 12.2. The molecule has 0 bridgehead atoms. The van der Waals surface area contributed by atoms with Crippen molar-refractivity contribution in [2.24, 2.45) is 0 Å². The Morgan fingerprint density at radius 2 is 0.582 bits per heavy atom. The molecular weight excluding hydrogens is 1350 g/mol. The summed E-state index contributed by atoms with van der Waals surface area (Å²) in [7, 11) is 0. The van der Waals surface area contributed by atoms with Crippen molar-refractivity contribution in [1.82, 2.24) is 38.2 Å². The molecule has 10 heteroatoms. The van der Waals surface area contributed by atoms with Crippen LogP contribution in [0, 0.1) is 0 Å². The van der Waals surface area contributed by atoms with Crippen molar-refractivity contribution >= 4 is 153 Å². The third-order valence-electron chi connectivity index (χ3n) is 22.7. The van der Waals surface area contributed by atoms with Crippen molar-refractivity contribution in [1.29, 1.82) is 0 Å². The fourth-order valence-electron chi connectivity index (χ4n) is 18.0. The summed E-state index contributed by atoms with van der Waals surface area (Å²) in [4.78, 5) is 21.7. The summed E-state index contributed by atoms with van der Waals surface area (Å²) in [6.45, 7) is 0. The number of para-hydroxylation sites is 7. The monoisotopic (exact) mass is 1400 g/mol. The van der Waals surface area contributed by atoms with E-state index in [0.717, 1.165) is 188 Å². The fourth-order valence-corrected chi connectivity index (χ4v) is 18.0. The van der Waals surface area contributed by atoms with Crippen LogP contribution >= 0.6 is 0 Å². The molecule has 0 atom stereocenters. The van der Waals surface area contributed by atoms with Gasteiger partial charge in [0.25, 0.3) is 0 Å². The van der Waals surface area contributed by atoms with Gasteiger partial charge in [-0.2, -0.15) is 0 Å². The van der Waals surface area contributed by atoms with Gasteiger partial charge in [0, 0.05) is 110 Å². The summed E-state index contributed by atoms with van der Waals surface area (Å²) in [5.74, 6) is 1.28. The van der Waals surface area contributed by atoms with E-state index in [-0.39, 0.29) is 0 Å². The molecule has 0 spiro atoms. The number of fused-ring (bicyclic) bond motifs is 24. The van der Waals surface area contributed by atoms with Gasteiger partial charge in [0.2, 0.25) is 0 Å². The zero-order chi connectivity index (χ0) is 71.8. The molecule has 0 radical (unpaired) electrons. The standard InChI is InChI=1S/C100H58N8O2/c1-4-21-60(22-5-1)93-74-48-45-63(58-80(74)102-100(104-93)64-23-20-28-68(57-64)106-82-36-17-12-31-76(82)90-84(106)54-50-69-71-51-55-87-91(77-32-13-18-37-85(77)109-87)97(71)107(95(69)90)66-26-8-3-9-27-66)59-39-41-61(42-40-59)94-73-29-10-15-34-79(73)101-99(103-94)62-43-46-67(47-44-62)108-96-70(72-52-56-88-92(98(72)108)78-33-14-19-38-86(78)110-88)49-53-83-89(96)75-30-11-16-35-81(75)105(83)65-24-6-2-7-25-65/h1-58H. The number of nitrogens with zero attached hydrogens (tertiary/aromatic N) is 8. The number of benzene rings is 16. The largest absolute Gasteiger partial charge is 0.456 e. The van der Waals surface area contributed by atoms with Crippen molar-refractivity contribution in [3.05, 3.63) is 352 Å². The predicted octanol–water partition coefficient (Wildman–Crippen LogP) is 26.1.